The Morgan fingerprint density at radius 1 is 1.37 bits per heavy atom. The van der Waals surface area contributed by atoms with E-state index in [0.29, 0.717) is 5.92 Å². The maximum atomic E-state index is 5.74. The molecule has 0 fully saturated rings. The van der Waals surface area contributed by atoms with Crippen LogP contribution in [0.15, 0.2) is 39.5 Å². The molecule has 2 nitrogen and oxygen atoms in total. The zero-order valence-corrected chi connectivity index (χ0v) is 13.1. The summed E-state index contributed by atoms with van der Waals surface area (Å²) in [5, 5.41) is 2.23. The number of thiophene rings is 1. The lowest BCUT2D eigenvalue weighted by molar-refractivity contribution is 0.644. The summed E-state index contributed by atoms with van der Waals surface area (Å²) in [7, 11) is 0. The van der Waals surface area contributed by atoms with Crippen molar-refractivity contribution in [2.24, 2.45) is 5.73 Å². The maximum Gasteiger partial charge on any atom is 0.0701 e. The Hall–Kier alpha value is -0.840. The predicted octanol–water partition coefficient (Wildman–Crippen LogP) is 3.96. The molecule has 19 heavy (non-hydrogen) atoms. The van der Waals surface area contributed by atoms with Crippen LogP contribution in [0.3, 0.4) is 0 Å². The van der Waals surface area contributed by atoms with Gasteiger partial charge in [0.15, 0.2) is 0 Å². The molecule has 0 saturated heterocycles. The number of fused-ring (bicyclic) bond motifs is 1. The van der Waals surface area contributed by atoms with E-state index in [2.05, 4.69) is 56.5 Å². The summed E-state index contributed by atoms with van der Waals surface area (Å²) in [6.45, 7) is 2.83. The second-order valence-corrected chi connectivity index (χ2v) is 7.26. The number of nitrogens with two attached hydrogens (primary N) is 1. The number of para-hydroxylation sites is 1. The molecule has 0 spiro atoms. The van der Waals surface area contributed by atoms with Gasteiger partial charge in [-0.25, -0.2) is 0 Å². The van der Waals surface area contributed by atoms with Gasteiger partial charge in [-0.15, -0.1) is 11.3 Å². The Morgan fingerprint density at radius 3 is 2.95 bits per heavy atom. The third kappa shape index (κ3) is 2.71. The largest absolute Gasteiger partial charge is 0.366 e. The van der Waals surface area contributed by atoms with Crippen molar-refractivity contribution in [3.63, 3.8) is 0 Å². The minimum Gasteiger partial charge on any atom is -0.366 e. The number of hydrogen-bond acceptors (Lipinski definition) is 3. The Bertz CT molecular complexity index is 567. The first-order chi connectivity index (χ1) is 9.28. The van der Waals surface area contributed by atoms with Gasteiger partial charge in [0.1, 0.15) is 0 Å². The second kappa shape index (κ2) is 5.65. The van der Waals surface area contributed by atoms with Gasteiger partial charge in [-0.2, -0.15) is 0 Å². The summed E-state index contributed by atoms with van der Waals surface area (Å²) in [5.41, 5.74) is 9.96. The summed E-state index contributed by atoms with van der Waals surface area (Å²) in [6, 6.07) is 10.9. The van der Waals surface area contributed by atoms with Crippen molar-refractivity contribution in [2.75, 3.05) is 18.0 Å². The van der Waals surface area contributed by atoms with E-state index in [4.69, 9.17) is 5.73 Å². The summed E-state index contributed by atoms with van der Waals surface area (Å²) < 4.78 is 1.20. The number of anilines is 1. The lowest BCUT2D eigenvalue weighted by Gasteiger charge is -2.19. The van der Waals surface area contributed by atoms with Crippen LogP contribution in [0.5, 0.6) is 0 Å². The van der Waals surface area contributed by atoms with Crippen molar-refractivity contribution < 1.29 is 0 Å². The van der Waals surface area contributed by atoms with Crippen molar-refractivity contribution in [2.45, 2.75) is 18.9 Å². The molecule has 2 aromatic rings. The average Bonchev–Trinajstić information content (AvgIpc) is 2.97. The summed E-state index contributed by atoms with van der Waals surface area (Å²) in [6.07, 6.45) is 1.07. The topological polar surface area (TPSA) is 29.3 Å². The van der Waals surface area contributed by atoms with Crippen molar-refractivity contribution in [1.29, 1.82) is 0 Å². The second-order valence-electron chi connectivity index (χ2n) is 4.97. The first-order valence-corrected chi connectivity index (χ1v) is 8.22. The van der Waals surface area contributed by atoms with Gasteiger partial charge in [0.05, 0.1) is 3.79 Å². The van der Waals surface area contributed by atoms with Crippen LogP contribution >= 0.6 is 27.3 Å². The highest BCUT2D eigenvalue weighted by Gasteiger charge is 2.27. The molecule has 100 valence electrons. The molecule has 0 aliphatic carbocycles. The first-order valence-electron chi connectivity index (χ1n) is 6.55. The third-order valence-corrected chi connectivity index (χ3v) is 5.22. The van der Waals surface area contributed by atoms with Gasteiger partial charge < -0.3 is 10.6 Å². The van der Waals surface area contributed by atoms with Crippen molar-refractivity contribution >= 4 is 33.0 Å². The van der Waals surface area contributed by atoms with Gasteiger partial charge in [0, 0.05) is 24.7 Å². The minimum atomic E-state index is 0.586. The van der Waals surface area contributed by atoms with Gasteiger partial charge in [-0.1, -0.05) is 18.2 Å². The molecule has 1 unspecified atom stereocenters. The average molecular weight is 337 g/mol. The molecule has 1 aromatic carbocycles. The fourth-order valence-electron chi connectivity index (χ4n) is 2.83. The van der Waals surface area contributed by atoms with E-state index in [0.717, 1.165) is 26.1 Å². The number of halogens is 1. The quantitative estimate of drug-likeness (QED) is 0.915. The highest BCUT2D eigenvalue weighted by atomic mass is 79.9. The highest BCUT2D eigenvalue weighted by molar-refractivity contribution is 9.11. The van der Waals surface area contributed by atoms with Crippen molar-refractivity contribution in [1.82, 2.24) is 0 Å². The standard InChI is InChI=1S/C15H17BrN2S/c16-15-7-11(10-19-15)8-18-9-12(5-6-17)13-3-1-2-4-14(13)18/h1-4,7,10,12H,5-6,8-9,17H2. The predicted molar refractivity (Wildman–Crippen MR) is 85.9 cm³/mol. The molecule has 2 N–H and O–H groups in total. The van der Waals surface area contributed by atoms with Gasteiger partial charge in [-0.05, 0) is 57.5 Å². The molecular formula is C15H17BrN2S. The summed E-state index contributed by atoms with van der Waals surface area (Å²) in [5.74, 6) is 0.586. The zero-order valence-electron chi connectivity index (χ0n) is 10.7. The lowest BCUT2D eigenvalue weighted by Crippen LogP contribution is -2.21. The number of hydrogen-bond donors (Lipinski definition) is 1. The van der Waals surface area contributed by atoms with Crippen LogP contribution < -0.4 is 10.6 Å². The molecule has 1 aliphatic rings. The third-order valence-electron chi connectivity index (χ3n) is 3.67. The maximum absolute atomic E-state index is 5.74. The smallest absolute Gasteiger partial charge is 0.0701 e. The highest BCUT2D eigenvalue weighted by Crippen LogP contribution is 2.38. The van der Waals surface area contributed by atoms with Crippen LogP contribution in [0.4, 0.5) is 5.69 Å². The SMILES string of the molecule is NCCC1CN(Cc2csc(Br)c2)c2ccccc21. The fourth-order valence-corrected chi connectivity index (χ4v) is 4.03. The molecule has 1 aliphatic heterocycles. The summed E-state index contributed by atoms with van der Waals surface area (Å²) in [4.78, 5) is 2.48. The van der Waals surface area contributed by atoms with E-state index in [-0.39, 0.29) is 0 Å². The molecule has 0 amide bonds. The first kappa shape index (κ1) is 13.2. The molecular weight excluding hydrogens is 320 g/mol. The molecule has 0 radical (unpaired) electrons. The van der Waals surface area contributed by atoms with Crippen LogP contribution in [-0.4, -0.2) is 13.1 Å². The minimum absolute atomic E-state index is 0.586. The van der Waals surface area contributed by atoms with Crippen molar-refractivity contribution in [3.05, 3.63) is 50.6 Å². The number of benzene rings is 1. The number of nitrogens with zero attached hydrogens (tertiary/aromatic N) is 1. The van der Waals surface area contributed by atoms with Crippen LogP contribution in [0.2, 0.25) is 0 Å². The van der Waals surface area contributed by atoms with Crippen molar-refractivity contribution in [3.8, 4) is 0 Å². The van der Waals surface area contributed by atoms with E-state index in [1.807, 2.05) is 0 Å². The van der Waals surface area contributed by atoms with Crippen LogP contribution in [0.1, 0.15) is 23.5 Å². The molecule has 1 aromatic heterocycles. The van der Waals surface area contributed by atoms with E-state index in [1.54, 1.807) is 11.3 Å². The molecule has 1 atom stereocenters. The van der Waals surface area contributed by atoms with Gasteiger partial charge in [0.2, 0.25) is 0 Å². The lowest BCUT2D eigenvalue weighted by atomic mass is 9.98. The molecule has 4 heteroatoms. The zero-order chi connectivity index (χ0) is 13.2. The van der Waals surface area contributed by atoms with Gasteiger partial charge in [0.25, 0.3) is 0 Å². The summed E-state index contributed by atoms with van der Waals surface area (Å²) >= 11 is 5.28. The molecule has 2 heterocycles. The Balaban J connectivity index is 1.84. The Kier molecular flexibility index (Phi) is 3.91. The molecule has 0 saturated carbocycles. The molecule has 3 rings (SSSR count). The van der Waals surface area contributed by atoms with Gasteiger partial charge >= 0.3 is 0 Å². The van der Waals surface area contributed by atoms with E-state index in [1.165, 1.54) is 20.6 Å². The number of rotatable bonds is 4. The fraction of sp³-hybridized carbons (Fsp3) is 0.333. The van der Waals surface area contributed by atoms with Crippen LogP contribution in [-0.2, 0) is 6.54 Å². The monoisotopic (exact) mass is 336 g/mol. The van der Waals surface area contributed by atoms with E-state index in [9.17, 15) is 0 Å². The Labute approximate surface area is 126 Å². The van der Waals surface area contributed by atoms with Crippen LogP contribution in [0.25, 0.3) is 0 Å². The van der Waals surface area contributed by atoms with E-state index >= 15 is 0 Å². The Morgan fingerprint density at radius 2 is 2.21 bits per heavy atom. The van der Waals surface area contributed by atoms with E-state index < -0.39 is 0 Å². The molecule has 0 bridgehead atoms. The van der Waals surface area contributed by atoms with Crippen LogP contribution in [0, 0.1) is 0 Å². The van der Waals surface area contributed by atoms with Gasteiger partial charge in [-0.3, -0.25) is 0 Å². The normalized spacial score (nSPS) is 17.8.